The van der Waals surface area contributed by atoms with Gasteiger partial charge in [-0.05, 0) is 37.3 Å². The second-order valence-corrected chi connectivity index (χ2v) is 10.6. The van der Waals surface area contributed by atoms with E-state index in [9.17, 15) is 13.2 Å². The van der Waals surface area contributed by atoms with E-state index in [0.717, 1.165) is 24.4 Å². The molecule has 0 spiro atoms. The summed E-state index contributed by atoms with van der Waals surface area (Å²) in [6, 6.07) is 15.3. The van der Waals surface area contributed by atoms with Crippen LogP contribution in [0.15, 0.2) is 53.4 Å². The molecule has 176 valence electrons. The molecule has 1 aromatic heterocycles. The van der Waals surface area contributed by atoms with Crippen molar-refractivity contribution in [2.75, 3.05) is 45.2 Å². The van der Waals surface area contributed by atoms with Gasteiger partial charge in [0.15, 0.2) is 0 Å². The molecule has 0 N–H and O–H groups in total. The van der Waals surface area contributed by atoms with Gasteiger partial charge >= 0.3 is 0 Å². The van der Waals surface area contributed by atoms with Gasteiger partial charge in [-0.15, -0.1) is 0 Å². The van der Waals surface area contributed by atoms with Crippen LogP contribution in [0.3, 0.4) is 0 Å². The third kappa shape index (κ3) is 4.74. The number of aromatic nitrogens is 2. The lowest BCUT2D eigenvalue weighted by Gasteiger charge is -2.36. The van der Waals surface area contributed by atoms with Crippen LogP contribution in [-0.2, 0) is 27.8 Å². The molecule has 1 fully saturated rings. The zero-order chi connectivity index (χ0) is 23.6. The Morgan fingerprint density at radius 3 is 2.36 bits per heavy atom. The molecule has 0 saturated carbocycles. The van der Waals surface area contributed by atoms with Crippen LogP contribution >= 0.6 is 0 Å². The first-order chi connectivity index (χ1) is 15.8. The Kier molecular flexibility index (Phi) is 6.71. The summed E-state index contributed by atoms with van der Waals surface area (Å²) < 4.78 is 28.2. The molecule has 2 heterocycles. The standard InChI is InChI=1S/C24H31N5O3S/c1-4-29-22-11-10-20(33(31,32)26(2)3)18-21(22)25-23(29)12-13-24(30)28-16-14-27(15-17-28)19-8-6-5-7-9-19/h5-11,18H,4,12-17H2,1-3H3. The molecule has 2 aromatic carbocycles. The van der Waals surface area contributed by atoms with Gasteiger partial charge in [0.2, 0.25) is 15.9 Å². The third-order valence-electron chi connectivity index (χ3n) is 6.21. The van der Waals surface area contributed by atoms with Crippen molar-refractivity contribution in [3.8, 4) is 0 Å². The summed E-state index contributed by atoms with van der Waals surface area (Å²) in [7, 11) is -0.495. The highest BCUT2D eigenvalue weighted by molar-refractivity contribution is 7.89. The van der Waals surface area contributed by atoms with E-state index in [0.29, 0.717) is 38.0 Å². The Labute approximate surface area is 195 Å². The molecular weight excluding hydrogens is 438 g/mol. The van der Waals surface area contributed by atoms with Gasteiger partial charge in [-0.2, -0.15) is 0 Å². The maximum absolute atomic E-state index is 12.9. The second kappa shape index (κ2) is 9.52. The van der Waals surface area contributed by atoms with Crippen LogP contribution in [0.4, 0.5) is 5.69 Å². The van der Waals surface area contributed by atoms with Crippen LogP contribution in [0.5, 0.6) is 0 Å². The number of para-hydroxylation sites is 1. The number of carbonyl (C=O) groups excluding carboxylic acids is 1. The highest BCUT2D eigenvalue weighted by atomic mass is 32.2. The molecule has 1 aliphatic rings. The Balaban J connectivity index is 1.43. The zero-order valence-electron chi connectivity index (χ0n) is 19.4. The maximum atomic E-state index is 12.9. The summed E-state index contributed by atoms with van der Waals surface area (Å²) in [4.78, 5) is 22.0. The van der Waals surface area contributed by atoms with E-state index < -0.39 is 10.0 Å². The Morgan fingerprint density at radius 1 is 1.03 bits per heavy atom. The van der Waals surface area contributed by atoms with E-state index in [1.165, 1.54) is 24.1 Å². The molecule has 9 heteroatoms. The number of rotatable bonds is 7. The summed E-state index contributed by atoms with van der Waals surface area (Å²) in [6.07, 6.45) is 0.910. The zero-order valence-corrected chi connectivity index (χ0v) is 20.3. The fourth-order valence-electron chi connectivity index (χ4n) is 4.30. The van der Waals surface area contributed by atoms with Crippen molar-refractivity contribution in [2.24, 2.45) is 0 Å². The highest BCUT2D eigenvalue weighted by Gasteiger charge is 2.23. The van der Waals surface area contributed by atoms with E-state index in [-0.39, 0.29) is 10.8 Å². The number of anilines is 1. The smallest absolute Gasteiger partial charge is 0.242 e. The van der Waals surface area contributed by atoms with E-state index >= 15 is 0 Å². The number of carbonyl (C=O) groups is 1. The van der Waals surface area contributed by atoms with Crippen LogP contribution in [-0.4, -0.2) is 73.4 Å². The Morgan fingerprint density at radius 2 is 1.73 bits per heavy atom. The van der Waals surface area contributed by atoms with Crippen molar-refractivity contribution in [1.82, 2.24) is 18.8 Å². The monoisotopic (exact) mass is 469 g/mol. The minimum absolute atomic E-state index is 0.133. The summed E-state index contributed by atoms with van der Waals surface area (Å²) >= 11 is 0. The normalized spacial score (nSPS) is 14.9. The van der Waals surface area contributed by atoms with Gasteiger partial charge in [0, 0.05) is 65.3 Å². The Hall–Kier alpha value is -2.91. The molecule has 3 aromatic rings. The molecule has 0 radical (unpaired) electrons. The van der Waals surface area contributed by atoms with Crippen LogP contribution in [0, 0.1) is 0 Å². The molecule has 0 aliphatic carbocycles. The summed E-state index contributed by atoms with van der Waals surface area (Å²) in [6.45, 7) is 5.81. The number of sulfonamides is 1. The molecule has 33 heavy (non-hydrogen) atoms. The number of amides is 1. The number of hydrogen-bond donors (Lipinski definition) is 0. The molecule has 1 amide bonds. The van der Waals surface area contributed by atoms with Gasteiger partial charge in [-0.1, -0.05) is 18.2 Å². The Bertz CT molecular complexity index is 1230. The van der Waals surface area contributed by atoms with Crippen LogP contribution in [0.2, 0.25) is 0 Å². The van der Waals surface area contributed by atoms with Crippen molar-refractivity contribution in [3.05, 3.63) is 54.4 Å². The number of benzene rings is 2. The van der Waals surface area contributed by atoms with Gasteiger partial charge in [0.1, 0.15) is 5.82 Å². The minimum Gasteiger partial charge on any atom is -0.368 e. The van der Waals surface area contributed by atoms with Gasteiger partial charge in [-0.3, -0.25) is 4.79 Å². The number of imidazole rings is 1. The topological polar surface area (TPSA) is 78.8 Å². The predicted molar refractivity (Wildman–Crippen MR) is 130 cm³/mol. The predicted octanol–water partition coefficient (Wildman–Crippen LogP) is 2.59. The molecule has 0 bridgehead atoms. The lowest BCUT2D eigenvalue weighted by molar-refractivity contribution is -0.131. The van der Waals surface area contributed by atoms with Crippen molar-refractivity contribution >= 4 is 32.7 Å². The molecule has 8 nitrogen and oxygen atoms in total. The van der Waals surface area contributed by atoms with Crippen LogP contribution < -0.4 is 4.90 Å². The van der Waals surface area contributed by atoms with Gasteiger partial charge < -0.3 is 14.4 Å². The lowest BCUT2D eigenvalue weighted by Crippen LogP contribution is -2.48. The minimum atomic E-state index is -3.52. The van der Waals surface area contributed by atoms with Crippen molar-refractivity contribution in [3.63, 3.8) is 0 Å². The summed E-state index contributed by atoms with van der Waals surface area (Å²) in [5, 5.41) is 0. The number of hydrogen-bond acceptors (Lipinski definition) is 5. The van der Waals surface area contributed by atoms with Crippen molar-refractivity contribution < 1.29 is 13.2 Å². The number of piperazine rings is 1. The van der Waals surface area contributed by atoms with E-state index in [1.54, 1.807) is 18.2 Å². The molecular formula is C24H31N5O3S. The van der Waals surface area contributed by atoms with Gasteiger partial charge in [0.05, 0.1) is 15.9 Å². The van der Waals surface area contributed by atoms with Crippen molar-refractivity contribution in [1.29, 1.82) is 0 Å². The average Bonchev–Trinajstić information content (AvgIpc) is 3.19. The molecule has 1 aliphatic heterocycles. The maximum Gasteiger partial charge on any atom is 0.242 e. The first kappa shape index (κ1) is 23.3. The number of nitrogens with zero attached hydrogens (tertiary/aromatic N) is 5. The summed E-state index contributed by atoms with van der Waals surface area (Å²) in [5.74, 6) is 0.941. The van der Waals surface area contributed by atoms with E-state index in [4.69, 9.17) is 0 Å². The number of fused-ring (bicyclic) bond motifs is 1. The van der Waals surface area contributed by atoms with Crippen LogP contribution in [0.25, 0.3) is 11.0 Å². The van der Waals surface area contributed by atoms with Crippen molar-refractivity contribution in [2.45, 2.75) is 31.2 Å². The number of aryl methyl sites for hydroxylation is 2. The molecule has 0 unspecified atom stereocenters. The lowest BCUT2D eigenvalue weighted by atomic mass is 10.2. The second-order valence-electron chi connectivity index (χ2n) is 8.41. The molecule has 4 rings (SSSR count). The quantitative estimate of drug-likeness (QED) is 0.532. The SMILES string of the molecule is CCn1c(CCC(=O)N2CCN(c3ccccc3)CC2)nc2cc(S(=O)(=O)N(C)C)ccc21. The third-order valence-corrected chi connectivity index (χ3v) is 8.02. The van der Waals surface area contributed by atoms with E-state index in [1.807, 2.05) is 30.0 Å². The largest absolute Gasteiger partial charge is 0.368 e. The van der Waals surface area contributed by atoms with E-state index in [2.05, 4.69) is 26.6 Å². The molecule has 1 saturated heterocycles. The van der Waals surface area contributed by atoms with Crippen LogP contribution in [0.1, 0.15) is 19.2 Å². The molecule has 0 atom stereocenters. The van der Waals surface area contributed by atoms with Gasteiger partial charge in [-0.25, -0.2) is 17.7 Å². The van der Waals surface area contributed by atoms with Gasteiger partial charge in [0.25, 0.3) is 0 Å². The first-order valence-electron chi connectivity index (χ1n) is 11.3. The fraction of sp³-hybridized carbons (Fsp3) is 0.417. The highest BCUT2D eigenvalue weighted by Crippen LogP contribution is 2.23. The average molecular weight is 470 g/mol. The fourth-order valence-corrected chi connectivity index (χ4v) is 5.23. The first-order valence-corrected chi connectivity index (χ1v) is 12.7. The summed E-state index contributed by atoms with van der Waals surface area (Å²) in [5.41, 5.74) is 2.71.